The fourth-order valence-electron chi connectivity index (χ4n) is 5.40. The van der Waals surface area contributed by atoms with Crippen molar-refractivity contribution in [1.82, 2.24) is 9.80 Å². The Bertz CT molecular complexity index is 1560. The van der Waals surface area contributed by atoms with E-state index in [9.17, 15) is 14.7 Å². The maximum absolute atomic E-state index is 13.9. The molecule has 218 valence electrons. The monoisotopic (exact) mass is 568 g/mol. The number of rotatable bonds is 13. The van der Waals surface area contributed by atoms with Gasteiger partial charge in [0.25, 0.3) is 5.91 Å². The van der Waals surface area contributed by atoms with Crippen LogP contribution in [0.5, 0.6) is 11.5 Å². The molecule has 1 aromatic heterocycles. The number of aliphatic hydroxyl groups is 1. The number of carbonyl (C=O) groups is 2. The van der Waals surface area contributed by atoms with E-state index in [2.05, 4.69) is 18.7 Å². The molecule has 4 aromatic rings. The minimum atomic E-state index is -0.827. The summed E-state index contributed by atoms with van der Waals surface area (Å²) in [7, 11) is 1.55. The summed E-state index contributed by atoms with van der Waals surface area (Å²) in [6.45, 7) is 7.48. The molecular formula is C34H36N2O6. The summed E-state index contributed by atoms with van der Waals surface area (Å²) in [6, 6.07) is 23.3. The van der Waals surface area contributed by atoms with E-state index in [-0.39, 0.29) is 11.3 Å². The van der Waals surface area contributed by atoms with Crippen molar-refractivity contribution in [1.29, 1.82) is 0 Å². The highest BCUT2D eigenvalue weighted by molar-refractivity contribution is 6.16. The van der Waals surface area contributed by atoms with E-state index in [1.165, 1.54) is 0 Å². The number of hydrogen-bond acceptors (Lipinski definition) is 7. The smallest absolute Gasteiger partial charge is 0.290 e. The Labute approximate surface area is 245 Å². The van der Waals surface area contributed by atoms with E-state index in [1.807, 2.05) is 54.6 Å². The van der Waals surface area contributed by atoms with E-state index in [4.69, 9.17) is 13.9 Å². The summed E-state index contributed by atoms with van der Waals surface area (Å²) < 4.78 is 17.6. The van der Waals surface area contributed by atoms with Crippen LogP contribution in [-0.4, -0.2) is 59.9 Å². The molecule has 3 aromatic carbocycles. The molecule has 0 saturated carbocycles. The Morgan fingerprint density at radius 1 is 0.976 bits per heavy atom. The number of hydrogen-bond donors (Lipinski definition) is 1. The summed E-state index contributed by atoms with van der Waals surface area (Å²) in [4.78, 5) is 31.2. The molecule has 1 aliphatic heterocycles. The predicted molar refractivity (Wildman–Crippen MR) is 161 cm³/mol. The molecule has 2 heterocycles. The van der Waals surface area contributed by atoms with Gasteiger partial charge in [0, 0.05) is 11.9 Å². The van der Waals surface area contributed by atoms with Gasteiger partial charge in [-0.2, -0.15) is 0 Å². The Hall–Kier alpha value is -4.56. The van der Waals surface area contributed by atoms with Crippen molar-refractivity contribution in [3.05, 3.63) is 107 Å². The number of nitrogens with zero attached hydrogens (tertiary/aromatic N) is 2. The Morgan fingerprint density at radius 3 is 2.43 bits per heavy atom. The fourth-order valence-corrected chi connectivity index (χ4v) is 5.40. The summed E-state index contributed by atoms with van der Waals surface area (Å²) in [5.41, 5.74) is 2.18. The summed E-state index contributed by atoms with van der Waals surface area (Å²) in [5.74, 6) is -0.618. The molecule has 8 heteroatoms. The van der Waals surface area contributed by atoms with Crippen molar-refractivity contribution >= 4 is 22.7 Å². The largest absolute Gasteiger partial charge is 0.503 e. The number of furan rings is 1. The number of para-hydroxylation sites is 1. The molecule has 1 atom stereocenters. The van der Waals surface area contributed by atoms with Gasteiger partial charge in [-0.15, -0.1) is 0 Å². The zero-order chi connectivity index (χ0) is 29.6. The van der Waals surface area contributed by atoms with Crippen LogP contribution in [0.25, 0.3) is 11.0 Å². The molecule has 0 radical (unpaired) electrons. The topological polar surface area (TPSA) is 92.5 Å². The molecule has 0 spiro atoms. The predicted octanol–water partition coefficient (Wildman–Crippen LogP) is 6.33. The first-order chi connectivity index (χ1) is 20.4. The number of aliphatic hydroxyl groups excluding tert-OH is 1. The van der Waals surface area contributed by atoms with Crippen LogP contribution in [0.4, 0.5) is 0 Å². The van der Waals surface area contributed by atoms with Crippen molar-refractivity contribution in [2.45, 2.75) is 32.9 Å². The van der Waals surface area contributed by atoms with Crippen LogP contribution in [0.2, 0.25) is 0 Å². The van der Waals surface area contributed by atoms with Gasteiger partial charge in [0.15, 0.2) is 23.0 Å². The lowest BCUT2D eigenvalue weighted by molar-refractivity contribution is -0.129. The maximum Gasteiger partial charge on any atom is 0.290 e. The van der Waals surface area contributed by atoms with Crippen LogP contribution in [0.1, 0.15) is 48.0 Å². The molecule has 5 rings (SSSR count). The van der Waals surface area contributed by atoms with Gasteiger partial charge in [-0.25, -0.2) is 0 Å². The van der Waals surface area contributed by atoms with E-state index < -0.39 is 23.5 Å². The molecule has 0 bridgehead atoms. The lowest BCUT2D eigenvalue weighted by Gasteiger charge is -2.28. The number of ketones is 1. The first kappa shape index (κ1) is 29.0. The molecule has 42 heavy (non-hydrogen) atoms. The Kier molecular flexibility index (Phi) is 8.93. The lowest BCUT2D eigenvalue weighted by atomic mass is 9.94. The molecule has 1 aliphatic rings. The molecule has 1 amide bonds. The van der Waals surface area contributed by atoms with Gasteiger partial charge in [-0.3, -0.25) is 9.59 Å². The van der Waals surface area contributed by atoms with Crippen LogP contribution >= 0.6 is 0 Å². The number of benzene rings is 3. The first-order valence-electron chi connectivity index (χ1n) is 14.3. The molecule has 1 unspecified atom stereocenters. The third-order valence-electron chi connectivity index (χ3n) is 7.71. The minimum absolute atomic E-state index is 0.0121. The summed E-state index contributed by atoms with van der Waals surface area (Å²) in [6.07, 6.45) is 0.679. The number of amides is 1. The molecule has 1 N–H and O–H groups in total. The van der Waals surface area contributed by atoms with Crippen molar-refractivity contribution in [2.24, 2.45) is 0 Å². The van der Waals surface area contributed by atoms with Gasteiger partial charge in [-0.05, 0) is 61.4 Å². The third kappa shape index (κ3) is 5.90. The second-order valence-corrected chi connectivity index (χ2v) is 10.2. The number of carbonyl (C=O) groups excluding carboxylic acids is 2. The fraction of sp³-hybridized carbons (Fsp3) is 0.294. The van der Waals surface area contributed by atoms with Crippen molar-refractivity contribution in [2.75, 3.05) is 33.3 Å². The van der Waals surface area contributed by atoms with Gasteiger partial charge in [-0.1, -0.05) is 68.4 Å². The Morgan fingerprint density at radius 2 is 1.71 bits per heavy atom. The molecule has 8 nitrogen and oxygen atoms in total. The van der Waals surface area contributed by atoms with Crippen LogP contribution in [0.3, 0.4) is 0 Å². The molecular weight excluding hydrogens is 532 g/mol. The molecule has 0 aliphatic carbocycles. The van der Waals surface area contributed by atoms with Gasteiger partial charge in [0.1, 0.15) is 12.2 Å². The van der Waals surface area contributed by atoms with Crippen LogP contribution < -0.4 is 9.47 Å². The van der Waals surface area contributed by atoms with Crippen LogP contribution in [-0.2, 0) is 11.4 Å². The zero-order valence-electron chi connectivity index (χ0n) is 24.2. The quantitative estimate of drug-likeness (QED) is 0.188. The summed E-state index contributed by atoms with van der Waals surface area (Å²) >= 11 is 0. The van der Waals surface area contributed by atoms with Crippen molar-refractivity contribution in [3.63, 3.8) is 0 Å². The van der Waals surface area contributed by atoms with E-state index >= 15 is 0 Å². The van der Waals surface area contributed by atoms with Crippen molar-refractivity contribution < 1.29 is 28.6 Å². The summed E-state index contributed by atoms with van der Waals surface area (Å²) in [5, 5.41) is 11.9. The standard InChI is InChI=1S/C34H36N2O6/c1-4-35(5-2)18-11-19-36-31(25-16-17-27(28(21-25)40-3)41-22-23-12-7-6-8-13-23)30(33(38)34(36)39)32(37)29-20-24-14-9-10-15-26(24)42-29/h6-10,12-17,20-21,31,38H,4-5,11,18-19,22H2,1-3H3. The number of ether oxygens (including phenoxy) is 2. The molecule has 0 fully saturated rings. The van der Waals surface area contributed by atoms with Gasteiger partial charge in [0.2, 0.25) is 5.78 Å². The van der Waals surface area contributed by atoms with Crippen molar-refractivity contribution in [3.8, 4) is 11.5 Å². The highest BCUT2D eigenvalue weighted by Crippen LogP contribution is 2.42. The van der Waals surface area contributed by atoms with E-state index in [1.54, 1.807) is 36.3 Å². The highest BCUT2D eigenvalue weighted by atomic mass is 16.5. The number of Topliss-reactive ketones (excluding diaryl/α,β-unsaturated/α-hetero) is 1. The van der Waals surface area contributed by atoms with Gasteiger partial charge in [0.05, 0.1) is 18.7 Å². The second-order valence-electron chi connectivity index (χ2n) is 10.2. The third-order valence-corrected chi connectivity index (χ3v) is 7.71. The number of fused-ring (bicyclic) bond motifs is 1. The van der Waals surface area contributed by atoms with Gasteiger partial charge < -0.3 is 28.8 Å². The Balaban J connectivity index is 1.49. The van der Waals surface area contributed by atoms with Crippen LogP contribution in [0, 0.1) is 0 Å². The zero-order valence-corrected chi connectivity index (χ0v) is 24.2. The van der Waals surface area contributed by atoms with E-state index in [0.717, 1.165) is 30.6 Å². The molecule has 0 saturated heterocycles. The van der Waals surface area contributed by atoms with E-state index in [0.29, 0.717) is 42.2 Å². The number of methoxy groups -OCH3 is 1. The van der Waals surface area contributed by atoms with Crippen LogP contribution in [0.15, 0.2) is 94.6 Å². The minimum Gasteiger partial charge on any atom is -0.503 e. The SMILES string of the molecule is CCN(CC)CCCN1C(=O)C(O)=C(C(=O)c2cc3ccccc3o2)C1c1ccc(OCc2ccccc2)c(OC)c1. The second kappa shape index (κ2) is 13.0. The highest BCUT2D eigenvalue weighted by Gasteiger charge is 2.44. The average Bonchev–Trinajstić information content (AvgIpc) is 3.57. The average molecular weight is 569 g/mol. The normalized spacial score (nSPS) is 15.2. The first-order valence-corrected chi connectivity index (χ1v) is 14.3. The maximum atomic E-state index is 13.9. The van der Waals surface area contributed by atoms with Gasteiger partial charge >= 0.3 is 0 Å². The lowest BCUT2D eigenvalue weighted by Crippen LogP contribution is -2.34.